The van der Waals surface area contributed by atoms with Crippen LogP contribution in [0.3, 0.4) is 0 Å². The molecule has 1 N–H and O–H groups in total. The third kappa shape index (κ3) is 2.73. The fourth-order valence-corrected chi connectivity index (χ4v) is 1.38. The van der Waals surface area contributed by atoms with Gasteiger partial charge in [0.05, 0.1) is 0 Å². The molecule has 78 valence electrons. The second kappa shape index (κ2) is 4.84. The monoisotopic (exact) mass is 222 g/mol. The Morgan fingerprint density at radius 2 is 2.07 bits per heavy atom. The summed E-state index contributed by atoms with van der Waals surface area (Å²) in [7, 11) is 0. The molecule has 0 amide bonds. The van der Waals surface area contributed by atoms with Crippen molar-refractivity contribution < 1.29 is 4.74 Å². The summed E-state index contributed by atoms with van der Waals surface area (Å²) in [5.74, 6) is 2.16. The zero-order valence-corrected chi connectivity index (χ0v) is 8.87. The number of H-pyrrole nitrogens is 1. The van der Waals surface area contributed by atoms with Crippen molar-refractivity contribution in [2.45, 2.75) is 12.5 Å². The number of rotatable bonds is 4. The molecule has 0 bridgehead atoms. The Morgan fingerprint density at radius 1 is 1.27 bits per heavy atom. The topological polar surface area (TPSA) is 37.9 Å². The number of nitrogens with one attached hydrogen (secondary N) is 1. The van der Waals surface area contributed by atoms with Crippen LogP contribution >= 0.6 is 11.6 Å². The highest BCUT2D eigenvalue weighted by atomic mass is 35.5. The standard InChI is InChI=1S/C11H11ClN2O/c12-7-9-1-3-10(4-2-9)15-8-11-13-5-6-14-11/h1-6H,7-8H2,(H,13,14). The van der Waals surface area contributed by atoms with Crippen LogP contribution < -0.4 is 4.74 Å². The number of halogens is 1. The molecule has 15 heavy (non-hydrogen) atoms. The van der Waals surface area contributed by atoms with Crippen LogP contribution in [0.25, 0.3) is 0 Å². The lowest BCUT2D eigenvalue weighted by Crippen LogP contribution is -1.97. The number of aromatic amines is 1. The Morgan fingerprint density at radius 3 is 2.67 bits per heavy atom. The van der Waals surface area contributed by atoms with E-state index in [1.807, 2.05) is 24.3 Å². The number of imidazole rings is 1. The SMILES string of the molecule is ClCc1ccc(OCc2ncc[nH]2)cc1. The van der Waals surface area contributed by atoms with E-state index in [1.54, 1.807) is 12.4 Å². The Labute approximate surface area is 93.1 Å². The molecule has 0 aliphatic heterocycles. The van der Waals surface area contributed by atoms with Gasteiger partial charge in [0.1, 0.15) is 18.2 Å². The maximum atomic E-state index is 5.68. The van der Waals surface area contributed by atoms with Crippen molar-refractivity contribution in [3.8, 4) is 5.75 Å². The van der Waals surface area contributed by atoms with Gasteiger partial charge in [0.25, 0.3) is 0 Å². The lowest BCUT2D eigenvalue weighted by Gasteiger charge is -2.04. The molecule has 2 rings (SSSR count). The molecular weight excluding hydrogens is 212 g/mol. The molecule has 0 saturated carbocycles. The van der Waals surface area contributed by atoms with Gasteiger partial charge in [0.2, 0.25) is 0 Å². The van der Waals surface area contributed by atoms with E-state index in [9.17, 15) is 0 Å². The number of benzene rings is 1. The highest BCUT2D eigenvalue weighted by molar-refractivity contribution is 6.17. The second-order valence-corrected chi connectivity index (χ2v) is 3.37. The van der Waals surface area contributed by atoms with Crippen LogP contribution in [0.1, 0.15) is 11.4 Å². The highest BCUT2D eigenvalue weighted by Gasteiger charge is 1.97. The molecule has 1 aromatic carbocycles. The van der Waals surface area contributed by atoms with Crippen molar-refractivity contribution in [3.05, 3.63) is 48.0 Å². The van der Waals surface area contributed by atoms with E-state index >= 15 is 0 Å². The van der Waals surface area contributed by atoms with Crippen LogP contribution in [0, 0.1) is 0 Å². The van der Waals surface area contributed by atoms with Gasteiger partial charge < -0.3 is 9.72 Å². The maximum Gasteiger partial charge on any atom is 0.146 e. The fourth-order valence-electron chi connectivity index (χ4n) is 1.20. The van der Waals surface area contributed by atoms with E-state index < -0.39 is 0 Å². The quantitative estimate of drug-likeness (QED) is 0.808. The van der Waals surface area contributed by atoms with Crippen LogP contribution in [-0.2, 0) is 12.5 Å². The minimum absolute atomic E-state index is 0.452. The Bertz CT molecular complexity index is 397. The van der Waals surface area contributed by atoms with Crippen molar-refractivity contribution in [3.63, 3.8) is 0 Å². The number of aromatic nitrogens is 2. The summed E-state index contributed by atoms with van der Waals surface area (Å²) >= 11 is 5.68. The van der Waals surface area contributed by atoms with Crippen LogP contribution in [-0.4, -0.2) is 9.97 Å². The smallest absolute Gasteiger partial charge is 0.146 e. The zero-order valence-electron chi connectivity index (χ0n) is 8.11. The first kappa shape index (κ1) is 10.1. The molecule has 0 unspecified atom stereocenters. The van der Waals surface area contributed by atoms with E-state index in [0.717, 1.165) is 17.1 Å². The Hall–Kier alpha value is -1.48. The summed E-state index contributed by atoms with van der Waals surface area (Å²) in [6, 6.07) is 7.70. The molecule has 0 saturated heterocycles. The molecule has 0 aliphatic carbocycles. The summed E-state index contributed by atoms with van der Waals surface area (Å²) in [4.78, 5) is 7.04. The number of alkyl halides is 1. The Balaban J connectivity index is 1.93. The molecule has 4 heteroatoms. The van der Waals surface area contributed by atoms with Gasteiger partial charge in [-0.1, -0.05) is 12.1 Å². The van der Waals surface area contributed by atoms with E-state index in [2.05, 4.69) is 9.97 Å². The average Bonchev–Trinajstić information content (AvgIpc) is 2.80. The van der Waals surface area contributed by atoms with Crippen molar-refractivity contribution in [1.82, 2.24) is 9.97 Å². The van der Waals surface area contributed by atoms with E-state index in [-0.39, 0.29) is 0 Å². The number of nitrogens with zero attached hydrogens (tertiary/aromatic N) is 1. The molecule has 1 heterocycles. The van der Waals surface area contributed by atoms with Gasteiger partial charge in [-0.15, -0.1) is 11.6 Å². The van der Waals surface area contributed by atoms with Gasteiger partial charge in [-0.25, -0.2) is 4.98 Å². The summed E-state index contributed by atoms with van der Waals surface area (Å²) in [6.45, 7) is 0.452. The van der Waals surface area contributed by atoms with Crippen molar-refractivity contribution in [2.75, 3.05) is 0 Å². The van der Waals surface area contributed by atoms with Crippen molar-refractivity contribution in [2.24, 2.45) is 0 Å². The minimum atomic E-state index is 0.452. The van der Waals surface area contributed by atoms with Gasteiger partial charge in [-0.3, -0.25) is 0 Å². The van der Waals surface area contributed by atoms with Gasteiger partial charge in [-0.05, 0) is 17.7 Å². The first-order valence-corrected chi connectivity index (χ1v) is 5.18. The number of ether oxygens (including phenoxy) is 1. The summed E-state index contributed by atoms with van der Waals surface area (Å²) in [5.41, 5.74) is 1.09. The van der Waals surface area contributed by atoms with E-state index in [1.165, 1.54) is 0 Å². The highest BCUT2D eigenvalue weighted by Crippen LogP contribution is 2.14. The predicted molar refractivity (Wildman–Crippen MR) is 58.9 cm³/mol. The van der Waals surface area contributed by atoms with E-state index in [4.69, 9.17) is 16.3 Å². The lowest BCUT2D eigenvalue weighted by atomic mass is 10.2. The van der Waals surface area contributed by atoms with Crippen molar-refractivity contribution in [1.29, 1.82) is 0 Å². The predicted octanol–water partition coefficient (Wildman–Crippen LogP) is 2.73. The zero-order chi connectivity index (χ0) is 10.5. The Kier molecular flexibility index (Phi) is 3.25. The fraction of sp³-hybridized carbons (Fsp3) is 0.182. The summed E-state index contributed by atoms with van der Waals surface area (Å²) < 4.78 is 5.51. The van der Waals surface area contributed by atoms with Crippen LogP contribution in [0.15, 0.2) is 36.7 Å². The van der Waals surface area contributed by atoms with Gasteiger partial charge in [0.15, 0.2) is 0 Å². The molecule has 0 aliphatic rings. The first-order valence-electron chi connectivity index (χ1n) is 4.64. The average molecular weight is 223 g/mol. The van der Waals surface area contributed by atoms with E-state index in [0.29, 0.717) is 12.5 Å². The van der Waals surface area contributed by atoms with Gasteiger partial charge in [0, 0.05) is 18.3 Å². The summed E-state index contributed by atoms with van der Waals surface area (Å²) in [6.07, 6.45) is 3.48. The lowest BCUT2D eigenvalue weighted by molar-refractivity contribution is 0.297. The molecule has 3 nitrogen and oxygen atoms in total. The van der Waals surface area contributed by atoms with Crippen LogP contribution in [0.4, 0.5) is 0 Å². The third-order valence-electron chi connectivity index (χ3n) is 2.01. The molecule has 0 spiro atoms. The van der Waals surface area contributed by atoms with Crippen molar-refractivity contribution >= 4 is 11.6 Å². The normalized spacial score (nSPS) is 10.2. The second-order valence-electron chi connectivity index (χ2n) is 3.10. The molecule has 0 fully saturated rings. The van der Waals surface area contributed by atoms with Crippen LogP contribution in [0.2, 0.25) is 0 Å². The maximum absolute atomic E-state index is 5.68. The summed E-state index contributed by atoms with van der Waals surface area (Å²) in [5, 5.41) is 0. The largest absolute Gasteiger partial charge is 0.486 e. The molecular formula is C11H11ClN2O. The minimum Gasteiger partial charge on any atom is -0.486 e. The number of hydrogen-bond acceptors (Lipinski definition) is 2. The molecule has 0 atom stereocenters. The van der Waals surface area contributed by atoms with Crippen LogP contribution in [0.5, 0.6) is 5.75 Å². The first-order chi connectivity index (χ1) is 7.38. The molecule has 1 aromatic heterocycles. The third-order valence-corrected chi connectivity index (χ3v) is 2.32. The molecule has 2 aromatic rings. The number of hydrogen-bond donors (Lipinski definition) is 1. The molecule has 0 radical (unpaired) electrons. The van der Waals surface area contributed by atoms with Gasteiger partial charge in [-0.2, -0.15) is 0 Å². The van der Waals surface area contributed by atoms with Gasteiger partial charge >= 0.3 is 0 Å².